The molecule has 0 aliphatic heterocycles. The van der Waals surface area contributed by atoms with Gasteiger partial charge in [-0.3, -0.25) is 4.79 Å². The number of hydrogen-bond acceptors (Lipinski definition) is 4. The molecule has 0 radical (unpaired) electrons. The van der Waals surface area contributed by atoms with E-state index in [-0.39, 0.29) is 19.1 Å². The van der Waals surface area contributed by atoms with Crippen LogP contribution >= 0.6 is 0 Å². The van der Waals surface area contributed by atoms with Crippen molar-refractivity contribution < 1.29 is 19.4 Å². The largest absolute Gasteiger partial charge is 0.460 e. The first-order chi connectivity index (χ1) is 6.95. The fourth-order valence-corrected chi connectivity index (χ4v) is 0.405. The van der Waals surface area contributed by atoms with E-state index in [1.165, 1.54) is 13.1 Å². The molecule has 5 nitrogen and oxygen atoms in total. The van der Waals surface area contributed by atoms with Gasteiger partial charge in [0.1, 0.15) is 6.61 Å². The molecule has 0 atom stereocenters. The number of carbonyl (C=O) groups is 2. The van der Waals surface area contributed by atoms with E-state index in [0.717, 1.165) is 0 Å². The van der Waals surface area contributed by atoms with E-state index in [1.807, 2.05) is 0 Å². The highest BCUT2D eigenvalue weighted by molar-refractivity contribution is 5.86. The zero-order chi connectivity index (χ0) is 12.3. The molecule has 0 fully saturated rings. The maximum absolute atomic E-state index is 10.5. The molecule has 0 saturated heterocycles. The Balaban J connectivity index is 0. The second-order valence-corrected chi connectivity index (χ2v) is 2.54. The average molecular weight is 215 g/mol. The van der Waals surface area contributed by atoms with Crippen LogP contribution in [0, 0.1) is 0 Å². The summed E-state index contributed by atoms with van der Waals surface area (Å²) in [6, 6.07) is 0. The standard InChI is InChI=1S/C6H10O3.C4H7NO/c1-5(2)6(8)9-4-3-7;1-3-5-4(2)6/h7H,1,3-4H2,2H3;3H,1H2,2H3,(H,5,6). The van der Waals surface area contributed by atoms with Crippen molar-refractivity contribution in [2.24, 2.45) is 0 Å². The van der Waals surface area contributed by atoms with Gasteiger partial charge in [-0.1, -0.05) is 13.2 Å². The highest BCUT2D eigenvalue weighted by Crippen LogP contribution is 1.89. The molecule has 86 valence electrons. The van der Waals surface area contributed by atoms with Gasteiger partial charge in [-0.15, -0.1) is 0 Å². The maximum atomic E-state index is 10.5. The van der Waals surface area contributed by atoms with E-state index in [9.17, 15) is 9.59 Å². The zero-order valence-corrected chi connectivity index (χ0v) is 9.08. The predicted molar refractivity (Wildman–Crippen MR) is 56.9 cm³/mol. The van der Waals surface area contributed by atoms with E-state index in [4.69, 9.17) is 5.11 Å². The number of nitrogens with one attached hydrogen (secondary N) is 1. The number of aliphatic hydroxyl groups excluding tert-OH is 1. The summed E-state index contributed by atoms with van der Waals surface area (Å²) in [6.07, 6.45) is 1.35. The minimum absolute atomic E-state index is 0.0473. The van der Waals surface area contributed by atoms with Gasteiger partial charge in [0.05, 0.1) is 6.61 Å². The summed E-state index contributed by atoms with van der Waals surface area (Å²) < 4.78 is 4.46. The van der Waals surface area contributed by atoms with Gasteiger partial charge < -0.3 is 15.2 Å². The second kappa shape index (κ2) is 10.5. The van der Waals surface area contributed by atoms with Crippen molar-refractivity contribution in [2.45, 2.75) is 13.8 Å². The van der Waals surface area contributed by atoms with Crippen molar-refractivity contribution in [3.8, 4) is 0 Å². The highest BCUT2D eigenvalue weighted by Gasteiger charge is 1.99. The minimum atomic E-state index is -0.455. The Morgan fingerprint density at radius 3 is 2.20 bits per heavy atom. The van der Waals surface area contributed by atoms with Gasteiger partial charge in [-0.2, -0.15) is 0 Å². The first-order valence-corrected chi connectivity index (χ1v) is 4.27. The van der Waals surface area contributed by atoms with Crippen LogP contribution in [0.2, 0.25) is 0 Å². The zero-order valence-electron chi connectivity index (χ0n) is 9.08. The van der Waals surface area contributed by atoms with Gasteiger partial charge in [-0.05, 0) is 13.1 Å². The van der Waals surface area contributed by atoms with Crippen molar-refractivity contribution in [1.29, 1.82) is 0 Å². The van der Waals surface area contributed by atoms with Crippen LogP contribution in [-0.2, 0) is 14.3 Å². The number of rotatable bonds is 4. The molecule has 0 unspecified atom stereocenters. The molecule has 0 aromatic heterocycles. The maximum Gasteiger partial charge on any atom is 0.333 e. The first-order valence-electron chi connectivity index (χ1n) is 4.27. The van der Waals surface area contributed by atoms with Crippen molar-refractivity contribution in [3.63, 3.8) is 0 Å². The monoisotopic (exact) mass is 215 g/mol. The second-order valence-electron chi connectivity index (χ2n) is 2.54. The van der Waals surface area contributed by atoms with Gasteiger partial charge in [0.2, 0.25) is 5.91 Å². The normalized spacial score (nSPS) is 7.93. The predicted octanol–water partition coefficient (Wildman–Crippen LogP) is 0.364. The third-order valence-corrected chi connectivity index (χ3v) is 0.978. The third-order valence-electron chi connectivity index (χ3n) is 0.978. The molecule has 15 heavy (non-hydrogen) atoms. The van der Waals surface area contributed by atoms with Crippen LogP contribution in [0.4, 0.5) is 0 Å². The lowest BCUT2D eigenvalue weighted by atomic mass is 10.4. The Morgan fingerprint density at radius 2 is 2.00 bits per heavy atom. The van der Waals surface area contributed by atoms with Crippen LogP contribution in [0.15, 0.2) is 24.9 Å². The van der Waals surface area contributed by atoms with Crippen molar-refractivity contribution >= 4 is 11.9 Å². The lowest BCUT2D eigenvalue weighted by molar-refractivity contribution is -0.139. The van der Waals surface area contributed by atoms with Crippen LogP contribution in [0.5, 0.6) is 0 Å². The SMILES string of the molecule is C=C(C)C(=O)OCCO.C=CNC(C)=O. The molecule has 0 saturated carbocycles. The number of amides is 1. The molecular weight excluding hydrogens is 198 g/mol. The molecule has 0 aliphatic rings. The summed E-state index contributed by atoms with van der Waals surface area (Å²) >= 11 is 0. The Kier molecular flexibility index (Phi) is 11.0. The van der Waals surface area contributed by atoms with E-state index in [0.29, 0.717) is 5.57 Å². The Labute approximate surface area is 89.4 Å². The molecule has 0 aliphatic carbocycles. The summed E-state index contributed by atoms with van der Waals surface area (Å²) in [5.41, 5.74) is 0.350. The van der Waals surface area contributed by atoms with Gasteiger partial charge in [-0.25, -0.2) is 4.79 Å². The van der Waals surface area contributed by atoms with Gasteiger partial charge >= 0.3 is 5.97 Å². The Hall–Kier alpha value is -1.62. The molecule has 0 heterocycles. The van der Waals surface area contributed by atoms with E-state index in [2.05, 4.69) is 23.2 Å². The summed E-state index contributed by atoms with van der Waals surface area (Å²) in [7, 11) is 0. The number of aliphatic hydroxyl groups is 1. The fraction of sp³-hybridized carbons (Fsp3) is 0.400. The van der Waals surface area contributed by atoms with Crippen LogP contribution in [0.1, 0.15) is 13.8 Å². The number of carbonyl (C=O) groups excluding carboxylic acids is 2. The first kappa shape index (κ1) is 15.8. The average Bonchev–Trinajstić information content (AvgIpc) is 2.14. The van der Waals surface area contributed by atoms with Gasteiger partial charge in [0.15, 0.2) is 0 Å². The Morgan fingerprint density at radius 1 is 1.47 bits per heavy atom. The molecule has 0 rings (SSSR count). The quantitative estimate of drug-likeness (QED) is 0.524. The van der Waals surface area contributed by atoms with Crippen molar-refractivity contribution in [1.82, 2.24) is 5.32 Å². The summed E-state index contributed by atoms with van der Waals surface area (Å²) in [5, 5.41) is 10.5. The lowest BCUT2D eigenvalue weighted by Gasteiger charge is -1.99. The van der Waals surface area contributed by atoms with Crippen molar-refractivity contribution in [3.05, 3.63) is 24.9 Å². The number of ether oxygens (including phenoxy) is 1. The molecule has 2 N–H and O–H groups in total. The highest BCUT2D eigenvalue weighted by atomic mass is 16.5. The van der Waals surface area contributed by atoms with Crippen molar-refractivity contribution in [2.75, 3.05) is 13.2 Å². The Bertz CT molecular complexity index is 236. The van der Waals surface area contributed by atoms with E-state index >= 15 is 0 Å². The van der Waals surface area contributed by atoms with Gasteiger partial charge in [0, 0.05) is 12.5 Å². The van der Waals surface area contributed by atoms with Crippen LogP contribution in [0.25, 0.3) is 0 Å². The smallest absolute Gasteiger partial charge is 0.333 e. The number of esters is 1. The molecular formula is C10H17NO4. The summed E-state index contributed by atoms with van der Waals surface area (Å²) in [6.45, 7) is 9.52. The molecule has 0 bridgehead atoms. The van der Waals surface area contributed by atoms with Gasteiger partial charge in [0.25, 0.3) is 0 Å². The van der Waals surface area contributed by atoms with E-state index in [1.54, 1.807) is 6.92 Å². The topological polar surface area (TPSA) is 75.6 Å². The molecule has 0 spiro atoms. The molecule has 0 aromatic rings. The molecule has 0 aromatic carbocycles. The fourth-order valence-electron chi connectivity index (χ4n) is 0.405. The number of hydrogen-bond donors (Lipinski definition) is 2. The van der Waals surface area contributed by atoms with E-state index < -0.39 is 5.97 Å². The minimum Gasteiger partial charge on any atom is -0.460 e. The van der Waals surface area contributed by atoms with Crippen LogP contribution in [0.3, 0.4) is 0 Å². The van der Waals surface area contributed by atoms with Crippen LogP contribution in [-0.4, -0.2) is 30.2 Å². The van der Waals surface area contributed by atoms with Crippen LogP contribution < -0.4 is 5.32 Å². The summed E-state index contributed by atoms with van der Waals surface area (Å²) in [5.74, 6) is -0.533. The third kappa shape index (κ3) is 15.2. The lowest BCUT2D eigenvalue weighted by Crippen LogP contribution is -2.10. The molecule has 5 heteroatoms. The molecule has 1 amide bonds. The summed E-state index contributed by atoms with van der Waals surface area (Å²) in [4.78, 5) is 20.3.